The lowest BCUT2D eigenvalue weighted by Gasteiger charge is -2.33. The van der Waals surface area contributed by atoms with Gasteiger partial charge in [0.05, 0.1) is 41.7 Å². The van der Waals surface area contributed by atoms with E-state index in [1.54, 1.807) is 41.0 Å². The standard InChI is InChI=1S/C21H19FN6O2/c1-12-18(11-28-17-6-4-5-15(22)20(17)30-13(2)21(28)29)27-10-16(23-8-19(27)25-12)14-7-24-26(3)9-14/h4-10,13H,11H2,1-3H3/t13-/m1/s1. The number of carbonyl (C=O) groups excluding carboxylic acids is 1. The van der Waals surface area contributed by atoms with Crippen molar-refractivity contribution in [1.29, 1.82) is 0 Å². The Balaban J connectivity index is 1.61. The number of benzene rings is 1. The second-order valence-electron chi connectivity index (χ2n) is 7.32. The number of aromatic nitrogens is 5. The molecule has 4 heterocycles. The van der Waals surface area contributed by atoms with Gasteiger partial charge in [0.25, 0.3) is 5.91 Å². The summed E-state index contributed by atoms with van der Waals surface area (Å²) < 4.78 is 23.4. The SMILES string of the molecule is Cc1nc2cnc(-c3cnn(C)c3)cn2c1CN1C(=O)[C@@H](C)Oc2c(F)cccc21. The molecule has 0 fully saturated rings. The molecular weight excluding hydrogens is 387 g/mol. The molecule has 5 rings (SSSR count). The van der Waals surface area contributed by atoms with Crippen LogP contribution in [0.25, 0.3) is 16.9 Å². The van der Waals surface area contributed by atoms with Crippen LogP contribution in [0.2, 0.25) is 0 Å². The number of para-hydroxylation sites is 1. The normalized spacial score (nSPS) is 16.1. The lowest BCUT2D eigenvalue weighted by atomic mass is 10.1. The first-order valence-corrected chi connectivity index (χ1v) is 9.51. The fourth-order valence-electron chi connectivity index (χ4n) is 3.72. The van der Waals surface area contributed by atoms with E-state index in [9.17, 15) is 9.18 Å². The number of anilines is 1. The topological polar surface area (TPSA) is 77.6 Å². The van der Waals surface area contributed by atoms with E-state index in [1.807, 2.05) is 30.8 Å². The first-order valence-electron chi connectivity index (χ1n) is 9.51. The Morgan fingerprint density at radius 1 is 1.23 bits per heavy atom. The molecule has 1 aromatic carbocycles. The first kappa shape index (κ1) is 18.3. The van der Waals surface area contributed by atoms with E-state index in [4.69, 9.17) is 4.74 Å². The zero-order valence-electron chi connectivity index (χ0n) is 16.7. The molecule has 0 N–H and O–H groups in total. The smallest absolute Gasteiger partial charge is 0.268 e. The maximum atomic E-state index is 14.3. The van der Waals surface area contributed by atoms with Crippen LogP contribution in [0.1, 0.15) is 18.3 Å². The van der Waals surface area contributed by atoms with Gasteiger partial charge in [-0.1, -0.05) is 6.07 Å². The van der Waals surface area contributed by atoms with Crippen molar-refractivity contribution in [2.75, 3.05) is 4.90 Å². The number of carbonyl (C=O) groups is 1. The van der Waals surface area contributed by atoms with Gasteiger partial charge in [-0.3, -0.25) is 23.8 Å². The lowest BCUT2D eigenvalue weighted by molar-refractivity contribution is -0.125. The quantitative estimate of drug-likeness (QED) is 0.523. The van der Waals surface area contributed by atoms with E-state index in [2.05, 4.69) is 15.1 Å². The Hall–Kier alpha value is -3.75. The second kappa shape index (κ2) is 6.65. The van der Waals surface area contributed by atoms with Crippen molar-refractivity contribution in [3.8, 4) is 17.0 Å². The van der Waals surface area contributed by atoms with E-state index >= 15 is 0 Å². The molecule has 3 aromatic heterocycles. The molecule has 30 heavy (non-hydrogen) atoms. The highest BCUT2D eigenvalue weighted by molar-refractivity contribution is 5.99. The molecule has 0 aliphatic carbocycles. The molecular formula is C21H19FN6O2. The summed E-state index contributed by atoms with van der Waals surface area (Å²) in [5.74, 6) is -0.632. The molecule has 0 spiro atoms. The van der Waals surface area contributed by atoms with E-state index in [0.717, 1.165) is 22.6 Å². The third kappa shape index (κ3) is 2.81. The summed E-state index contributed by atoms with van der Waals surface area (Å²) in [5, 5.41) is 4.20. The number of aryl methyl sites for hydroxylation is 2. The Morgan fingerprint density at radius 3 is 2.83 bits per heavy atom. The van der Waals surface area contributed by atoms with Crippen molar-refractivity contribution in [3.63, 3.8) is 0 Å². The van der Waals surface area contributed by atoms with Crippen molar-refractivity contribution in [1.82, 2.24) is 24.1 Å². The number of hydrogen-bond donors (Lipinski definition) is 0. The van der Waals surface area contributed by atoms with E-state index in [-0.39, 0.29) is 18.2 Å². The average molecular weight is 406 g/mol. The maximum absolute atomic E-state index is 14.3. The van der Waals surface area contributed by atoms with Gasteiger partial charge in [-0.05, 0) is 26.0 Å². The van der Waals surface area contributed by atoms with Crippen LogP contribution < -0.4 is 9.64 Å². The number of amides is 1. The fraction of sp³-hybridized carbons (Fsp3) is 0.238. The minimum absolute atomic E-state index is 0.0915. The number of halogens is 1. The minimum atomic E-state index is -0.776. The molecule has 9 heteroatoms. The highest BCUT2D eigenvalue weighted by Crippen LogP contribution is 2.37. The fourth-order valence-corrected chi connectivity index (χ4v) is 3.72. The number of imidazole rings is 1. The summed E-state index contributed by atoms with van der Waals surface area (Å²) >= 11 is 0. The molecule has 0 saturated carbocycles. The number of nitrogens with zero attached hydrogens (tertiary/aromatic N) is 6. The van der Waals surface area contributed by atoms with Gasteiger partial charge < -0.3 is 4.74 Å². The van der Waals surface area contributed by atoms with Gasteiger partial charge in [0.1, 0.15) is 0 Å². The third-order valence-corrected chi connectivity index (χ3v) is 5.26. The Bertz CT molecular complexity index is 1290. The van der Waals surface area contributed by atoms with Crippen molar-refractivity contribution >= 4 is 17.2 Å². The molecule has 0 bridgehead atoms. The van der Waals surface area contributed by atoms with Gasteiger partial charge in [-0.15, -0.1) is 0 Å². The van der Waals surface area contributed by atoms with Gasteiger partial charge in [-0.25, -0.2) is 9.37 Å². The van der Waals surface area contributed by atoms with Crippen LogP contribution in [0.5, 0.6) is 5.75 Å². The molecule has 4 aromatic rings. The first-order chi connectivity index (χ1) is 14.4. The molecule has 0 saturated heterocycles. The van der Waals surface area contributed by atoms with Crippen molar-refractivity contribution in [2.24, 2.45) is 7.05 Å². The molecule has 1 aliphatic rings. The summed E-state index contributed by atoms with van der Waals surface area (Å²) in [6.07, 6.45) is 6.41. The predicted molar refractivity (Wildman–Crippen MR) is 108 cm³/mol. The Labute approximate surface area is 171 Å². The Kier molecular flexibility index (Phi) is 4.05. The molecule has 8 nitrogen and oxygen atoms in total. The number of hydrogen-bond acceptors (Lipinski definition) is 5. The molecule has 0 radical (unpaired) electrons. The van der Waals surface area contributed by atoms with Gasteiger partial charge in [0.15, 0.2) is 23.3 Å². The highest BCUT2D eigenvalue weighted by atomic mass is 19.1. The van der Waals surface area contributed by atoms with E-state index in [1.165, 1.54) is 6.07 Å². The zero-order valence-corrected chi connectivity index (χ0v) is 16.7. The zero-order chi connectivity index (χ0) is 21.0. The third-order valence-electron chi connectivity index (χ3n) is 5.26. The summed E-state index contributed by atoms with van der Waals surface area (Å²) in [6, 6.07) is 4.58. The van der Waals surface area contributed by atoms with Crippen LogP contribution >= 0.6 is 0 Å². The maximum Gasteiger partial charge on any atom is 0.268 e. The van der Waals surface area contributed by atoms with Gasteiger partial charge in [0, 0.05) is 25.0 Å². The average Bonchev–Trinajstić information content (AvgIpc) is 3.29. The van der Waals surface area contributed by atoms with Crippen LogP contribution in [0.3, 0.4) is 0 Å². The largest absolute Gasteiger partial charge is 0.476 e. The Morgan fingerprint density at radius 2 is 2.07 bits per heavy atom. The molecule has 1 aliphatic heterocycles. The monoisotopic (exact) mass is 406 g/mol. The van der Waals surface area contributed by atoms with E-state index in [0.29, 0.717) is 11.3 Å². The summed E-state index contributed by atoms with van der Waals surface area (Å²) in [6.45, 7) is 3.73. The molecule has 0 unspecified atom stereocenters. The molecule has 1 atom stereocenters. The van der Waals surface area contributed by atoms with Crippen molar-refractivity contribution < 1.29 is 13.9 Å². The lowest BCUT2D eigenvalue weighted by Crippen LogP contribution is -2.44. The van der Waals surface area contributed by atoms with Gasteiger partial charge in [-0.2, -0.15) is 5.10 Å². The molecule has 1 amide bonds. The molecule has 152 valence electrons. The second-order valence-corrected chi connectivity index (χ2v) is 7.32. The summed E-state index contributed by atoms with van der Waals surface area (Å²) in [4.78, 5) is 23.5. The van der Waals surface area contributed by atoms with Crippen LogP contribution in [0, 0.1) is 12.7 Å². The minimum Gasteiger partial charge on any atom is -0.476 e. The highest BCUT2D eigenvalue weighted by Gasteiger charge is 2.34. The van der Waals surface area contributed by atoms with Gasteiger partial charge in [0.2, 0.25) is 0 Å². The van der Waals surface area contributed by atoms with Crippen LogP contribution in [-0.2, 0) is 18.4 Å². The number of rotatable bonds is 3. The van der Waals surface area contributed by atoms with Gasteiger partial charge >= 0.3 is 0 Å². The van der Waals surface area contributed by atoms with Crippen molar-refractivity contribution in [3.05, 3.63) is 60.2 Å². The number of fused-ring (bicyclic) bond motifs is 2. The number of ether oxygens (including phenoxy) is 1. The predicted octanol–water partition coefficient (Wildman–Crippen LogP) is 2.89. The summed E-state index contributed by atoms with van der Waals surface area (Å²) in [5.41, 5.74) is 4.28. The van der Waals surface area contributed by atoms with Crippen molar-refractivity contribution in [2.45, 2.75) is 26.5 Å². The van der Waals surface area contributed by atoms with Crippen LogP contribution in [0.15, 0.2) is 43.0 Å². The summed E-state index contributed by atoms with van der Waals surface area (Å²) in [7, 11) is 1.84. The van der Waals surface area contributed by atoms with Crippen LogP contribution in [-0.4, -0.2) is 36.2 Å². The van der Waals surface area contributed by atoms with Crippen LogP contribution in [0.4, 0.5) is 10.1 Å². The van der Waals surface area contributed by atoms with E-state index < -0.39 is 11.9 Å².